The normalized spacial score (nSPS) is 15.2. The summed E-state index contributed by atoms with van der Waals surface area (Å²) in [5.41, 5.74) is 3.18. The minimum absolute atomic E-state index is 0.149. The van der Waals surface area contributed by atoms with Gasteiger partial charge in [0.1, 0.15) is 5.75 Å². The average molecular weight is 324 g/mol. The Labute approximate surface area is 143 Å². The summed E-state index contributed by atoms with van der Waals surface area (Å²) in [6, 6.07) is 15.7. The van der Waals surface area contributed by atoms with Crippen molar-refractivity contribution in [3.63, 3.8) is 0 Å². The molecule has 0 bridgehead atoms. The number of benzene rings is 2. The molecule has 0 saturated carbocycles. The Morgan fingerprint density at radius 2 is 1.67 bits per heavy atom. The van der Waals surface area contributed by atoms with Gasteiger partial charge in [0.25, 0.3) is 5.91 Å². The van der Waals surface area contributed by atoms with Gasteiger partial charge < -0.3 is 15.0 Å². The van der Waals surface area contributed by atoms with Crippen LogP contribution in [0.5, 0.6) is 5.75 Å². The fourth-order valence-electron chi connectivity index (χ4n) is 2.85. The van der Waals surface area contributed by atoms with E-state index in [4.69, 9.17) is 4.74 Å². The van der Waals surface area contributed by atoms with Crippen molar-refractivity contribution in [2.45, 2.75) is 32.8 Å². The van der Waals surface area contributed by atoms with E-state index in [2.05, 4.69) is 22.3 Å². The first-order valence-electron chi connectivity index (χ1n) is 8.51. The maximum Gasteiger partial charge on any atom is 0.265 e. The monoisotopic (exact) mass is 324 g/mol. The summed E-state index contributed by atoms with van der Waals surface area (Å²) < 4.78 is 5.69. The molecule has 1 heterocycles. The van der Waals surface area contributed by atoms with E-state index in [0.717, 1.165) is 24.3 Å². The molecule has 1 saturated heterocycles. The minimum atomic E-state index is -0.550. The number of amides is 1. The fraction of sp³-hybridized carbons (Fsp3) is 0.350. The van der Waals surface area contributed by atoms with Crippen LogP contribution in [0.4, 0.5) is 11.4 Å². The van der Waals surface area contributed by atoms with Crippen LogP contribution in [-0.4, -0.2) is 25.1 Å². The highest BCUT2D eigenvalue weighted by Gasteiger charge is 2.16. The van der Waals surface area contributed by atoms with Gasteiger partial charge in [-0.1, -0.05) is 17.7 Å². The van der Waals surface area contributed by atoms with Gasteiger partial charge in [0.05, 0.1) is 0 Å². The van der Waals surface area contributed by atoms with E-state index in [1.54, 1.807) is 6.92 Å². The smallest absolute Gasteiger partial charge is 0.265 e. The second-order valence-electron chi connectivity index (χ2n) is 6.30. The first-order valence-corrected chi connectivity index (χ1v) is 8.51. The van der Waals surface area contributed by atoms with Crippen LogP contribution < -0.4 is 15.0 Å². The molecule has 2 aromatic carbocycles. The summed E-state index contributed by atoms with van der Waals surface area (Å²) >= 11 is 0. The predicted octanol–water partition coefficient (Wildman–Crippen LogP) is 4.00. The minimum Gasteiger partial charge on any atom is -0.481 e. The number of nitrogens with zero attached hydrogens (tertiary/aromatic N) is 1. The molecule has 126 valence electrons. The third-order valence-electron chi connectivity index (χ3n) is 4.31. The number of anilines is 2. The molecule has 1 N–H and O–H groups in total. The molecule has 1 atom stereocenters. The zero-order chi connectivity index (χ0) is 16.9. The highest BCUT2D eigenvalue weighted by Crippen LogP contribution is 2.22. The number of rotatable bonds is 5. The Morgan fingerprint density at radius 3 is 2.29 bits per heavy atom. The maximum atomic E-state index is 12.3. The SMILES string of the molecule is Cc1ccc(O[C@H](C)C(=O)Nc2ccc(N3CCCC3)cc2)cc1. The number of hydrogen-bond donors (Lipinski definition) is 1. The van der Waals surface area contributed by atoms with E-state index in [9.17, 15) is 4.79 Å². The molecular formula is C20H24N2O2. The lowest BCUT2D eigenvalue weighted by Gasteiger charge is -2.18. The van der Waals surface area contributed by atoms with Crippen LogP contribution in [0.15, 0.2) is 48.5 Å². The van der Waals surface area contributed by atoms with Gasteiger partial charge in [-0.2, -0.15) is 0 Å². The van der Waals surface area contributed by atoms with Gasteiger partial charge in [0.2, 0.25) is 0 Å². The highest BCUT2D eigenvalue weighted by molar-refractivity contribution is 5.94. The quantitative estimate of drug-likeness (QED) is 0.904. The third kappa shape index (κ3) is 4.07. The molecule has 3 rings (SSSR count). The summed E-state index contributed by atoms with van der Waals surface area (Å²) in [5.74, 6) is 0.553. The van der Waals surface area contributed by atoms with Gasteiger partial charge in [-0.3, -0.25) is 4.79 Å². The predicted molar refractivity (Wildman–Crippen MR) is 97.8 cm³/mol. The van der Waals surface area contributed by atoms with E-state index >= 15 is 0 Å². The highest BCUT2D eigenvalue weighted by atomic mass is 16.5. The zero-order valence-electron chi connectivity index (χ0n) is 14.3. The summed E-state index contributed by atoms with van der Waals surface area (Å²) in [6.45, 7) is 6.01. The molecule has 1 aliphatic heterocycles. The number of nitrogens with one attached hydrogen (secondary N) is 1. The maximum absolute atomic E-state index is 12.3. The van der Waals surface area contributed by atoms with Crippen LogP contribution in [0.1, 0.15) is 25.3 Å². The number of aryl methyl sites for hydroxylation is 1. The molecule has 0 spiro atoms. The van der Waals surface area contributed by atoms with E-state index in [1.807, 2.05) is 43.3 Å². The Morgan fingerprint density at radius 1 is 1.04 bits per heavy atom. The van der Waals surface area contributed by atoms with E-state index in [1.165, 1.54) is 18.5 Å². The molecule has 1 amide bonds. The van der Waals surface area contributed by atoms with E-state index in [-0.39, 0.29) is 5.91 Å². The molecule has 2 aromatic rings. The van der Waals surface area contributed by atoms with Gasteiger partial charge in [0, 0.05) is 24.5 Å². The van der Waals surface area contributed by atoms with Gasteiger partial charge in [0.15, 0.2) is 6.10 Å². The lowest BCUT2D eigenvalue weighted by Crippen LogP contribution is -2.30. The van der Waals surface area contributed by atoms with Crippen molar-refractivity contribution < 1.29 is 9.53 Å². The summed E-state index contributed by atoms with van der Waals surface area (Å²) in [4.78, 5) is 14.6. The van der Waals surface area contributed by atoms with E-state index < -0.39 is 6.10 Å². The standard InChI is InChI=1S/C20H24N2O2/c1-15-5-11-19(12-6-15)24-16(2)20(23)21-17-7-9-18(10-8-17)22-13-3-4-14-22/h5-12,16H,3-4,13-14H2,1-2H3,(H,21,23)/t16-/m1/s1. The molecule has 0 radical (unpaired) electrons. The van der Waals surface area contributed by atoms with Crippen molar-refractivity contribution in [3.8, 4) is 5.75 Å². The summed E-state index contributed by atoms with van der Waals surface area (Å²) in [5, 5.41) is 2.91. The van der Waals surface area contributed by atoms with Crippen molar-refractivity contribution in [2.75, 3.05) is 23.3 Å². The topological polar surface area (TPSA) is 41.6 Å². The second kappa shape index (κ2) is 7.39. The molecule has 0 aromatic heterocycles. The number of ether oxygens (including phenoxy) is 1. The summed E-state index contributed by atoms with van der Waals surface area (Å²) in [7, 11) is 0. The molecule has 1 fully saturated rings. The van der Waals surface area contributed by atoms with Crippen molar-refractivity contribution in [2.24, 2.45) is 0 Å². The Balaban J connectivity index is 1.56. The van der Waals surface area contributed by atoms with Crippen LogP contribution in [0.25, 0.3) is 0 Å². The molecular weight excluding hydrogens is 300 g/mol. The van der Waals surface area contributed by atoms with Crippen LogP contribution in [0, 0.1) is 6.92 Å². The Bertz CT molecular complexity index is 674. The number of carbonyl (C=O) groups excluding carboxylic acids is 1. The van der Waals surface area contributed by atoms with Gasteiger partial charge in [-0.25, -0.2) is 0 Å². The van der Waals surface area contributed by atoms with Crippen LogP contribution in [0.3, 0.4) is 0 Å². The number of hydrogen-bond acceptors (Lipinski definition) is 3. The first-order chi connectivity index (χ1) is 11.6. The lowest BCUT2D eigenvalue weighted by molar-refractivity contribution is -0.122. The van der Waals surface area contributed by atoms with Crippen molar-refractivity contribution in [3.05, 3.63) is 54.1 Å². The molecule has 4 heteroatoms. The Kier molecular flexibility index (Phi) is 5.04. The van der Waals surface area contributed by atoms with Crippen LogP contribution >= 0.6 is 0 Å². The molecule has 0 unspecified atom stereocenters. The average Bonchev–Trinajstić information content (AvgIpc) is 3.12. The van der Waals surface area contributed by atoms with Crippen LogP contribution in [-0.2, 0) is 4.79 Å². The van der Waals surface area contributed by atoms with Gasteiger partial charge >= 0.3 is 0 Å². The van der Waals surface area contributed by atoms with Crippen molar-refractivity contribution in [1.29, 1.82) is 0 Å². The fourth-order valence-corrected chi connectivity index (χ4v) is 2.85. The molecule has 24 heavy (non-hydrogen) atoms. The second-order valence-corrected chi connectivity index (χ2v) is 6.30. The van der Waals surface area contributed by atoms with Crippen molar-refractivity contribution >= 4 is 17.3 Å². The molecule has 0 aliphatic carbocycles. The third-order valence-corrected chi connectivity index (χ3v) is 4.31. The van der Waals surface area contributed by atoms with E-state index in [0.29, 0.717) is 5.75 Å². The van der Waals surface area contributed by atoms with Gasteiger partial charge in [-0.15, -0.1) is 0 Å². The zero-order valence-corrected chi connectivity index (χ0v) is 14.3. The summed E-state index contributed by atoms with van der Waals surface area (Å²) in [6.07, 6.45) is 1.96. The Hall–Kier alpha value is -2.49. The lowest BCUT2D eigenvalue weighted by atomic mass is 10.2. The molecule has 1 aliphatic rings. The first kappa shape index (κ1) is 16.4. The molecule has 4 nitrogen and oxygen atoms in total. The van der Waals surface area contributed by atoms with Crippen LogP contribution in [0.2, 0.25) is 0 Å². The van der Waals surface area contributed by atoms with Gasteiger partial charge in [-0.05, 0) is 63.1 Å². The number of carbonyl (C=O) groups is 1. The largest absolute Gasteiger partial charge is 0.481 e. The van der Waals surface area contributed by atoms with Crippen molar-refractivity contribution in [1.82, 2.24) is 0 Å².